The van der Waals surface area contributed by atoms with Gasteiger partial charge in [0, 0.05) is 56.2 Å². The smallest absolute Gasteiger partial charge is 0.225 e. The van der Waals surface area contributed by atoms with Crippen LogP contribution >= 0.6 is 0 Å². The lowest BCUT2D eigenvalue weighted by atomic mass is 10.1. The molecule has 3 aliphatic rings. The number of hydrogen-bond donors (Lipinski definition) is 2. The van der Waals surface area contributed by atoms with Crippen LogP contribution in [0.4, 0.5) is 0 Å². The predicted molar refractivity (Wildman–Crippen MR) is 117 cm³/mol. The normalized spacial score (nSPS) is 24.0. The van der Waals surface area contributed by atoms with Crippen molar-refractivity contribution < 1.29 is 14.3 Å². The van der Waals surface area contributed by atoms with Crippen molar-refractivity contribution in [3.05, 3.63) is 23.3 Å². The minimum absolute atomic E-state index is 0.208. The number of aliphatic imine (C=N–C) groups is 1. The minimum Gasteiger partial charge on any atom is -0.496 e. The molecule has 1 saturated carbocycles. The van der Waals surface area contributed by atoms with E-state index in [4.69, 9.17) is 9.47 Å². The van der Waals surface area contributed by atoms with Gasteiger partial charge in [0.25, 0.3) is 0 Å². The van der Waals surface area contributed by atoms with Crippen molar-refractivity contribution in [3.63, 3.8) is 0 Å². The Balaban J connectivity index is 1.32. The summed E-state index contributed by atoms with van der Waals surface area (Å²) in [5, 5.41) is 6.87. The van der Waals surface area contributed by atoms with Gasteiger partial charge < -0.3 is 25.0 Å². The second-order valence-corrected chi connectivity index (χ2v) is 8.73. The summed E-state index contributed by atoms with van der Waals surface area (Å²) in [7, 11) is 3.47. The molecule has 0 radical (unpaired) electrons. The fraction of sp³-hybridized carbons (Fsp3) is 0.652. The topological polar surface area (TPSA) is 75.2 Å². The summed E-state index contributed by atoms with van der Waals surface area (Å²) < 4.78 is 11.5. The first-order valence-corrected chi connectivity index (χ1v) is 11.2. The summed E-state index contributed by atoms with van der Waals surface area (Å²) in [5.41, 5.74) is 2.24. The number of guanidine groups is 1. The number of methoxy groups -OCH3 is 1. The number of fused-ring (bicyclic) bond motifs is 1. The average Bonchev–Trinajstić information content (AvgIpc) is 3.49. The molecule has 1 saturated heterocycles. The summed E-state index contributed by atoms with van der Waals surface area (Å²) in [5.74, 6) is 3.14. The van der Waals surface area contributed by atoms with Gasteiger partial charge in [0.2, 0.25) is 5.91 Å². The quantitative estimate of drug-likeness (QED) is 0.572. The highest BCUT2D eigenvalue weighted by molar-refractivity contribution is 5.81. The Morgan fingerprint density at radius 3 is 2.83 bits per heavy atom. The highest BCUT2D eigenvalue weighted by Crippen LogP contribution is 2.35. The number of likely N-dealkylation sites (tertiary alicyclic amines) is 1. The van der Waals surface area contributed by atoms with Gasteiger partial charge in [0.1, 0.15) is 17.6 Å². The Bertz CT molecular complexity index is 804. The molecule has 0 aromatic heterocycles. The van der Waals surface area contributed by atoms with E-state index < -0.39 is 0 Å². The zero-order chi connectivity index (χ0) is 21.1. The molecule has 2 heterocycles. The summed E-state index contributed by atoms with van der Waals surface area (Å²) in [6, 6.07) is 4.37. The van der Waals surface area contributed by atoms with Crippen molar-refractivity contribution in [1.29, 1.82) is 0 Å². The second-order valence-electron chi connectivity index (χ2n) is 8.73. The Labute approximate surface area is 179 Å². The lowest BCUT2D eigenvalue weighted by Gasteiger charge is -2.21. The maximum Gasteiger partial charge on any atom is 0.225 e. The zero-order valence-electron chi connectivity index (χ0n) is 18.4. The molecule has 30 heavy (non-hydrogen) atoms. The van der Waals surface area contributed by atoms with Crippen LogP contribution in [0.1, 0.15) is 50.2 Å². The van der Waals surface area contributed by atoms with E-state index >= 15 is 0 Å². The highest BCUT2D eigenvalue weighted by atomic mass is 16.5. The Kier molecular flexibility index (Phi) is 6.35. The molecule has 1 aromatic rings. The van der Waals surface area contributed by atoms with Crippen molar-refractivity contribution in [1.82, 2.24) is 15.5 Å². The number of nitrogens with one attached hydrogen (secondary N) is 2. The van der Waals surface area contributed by atoms with Crippen molar-refractivity contribution >= 4 is 11.9 Å². The highest BCUT2D eigenvalue weighted by Gasteiger charge is 2.32. The van der Waals surface area contributed by atoms with Crippen molar-refractivity contribution in [2.75, 3.05) is 27.2 Å². The number of carbonyl (C=O) groups is 1. The first-order valence-electron chi connectivity index (χ1n) is 11.2. The van der Waals surface area contributed by atoms with Crippen molar-refractivity contribution in [3.8, 4) is 11.5 Å². The van der Waals surface area contributed by atoms with E-state index in [0.29, 0.717) is 12.5 Å². The van der Waals surface area contributed by atoms with Gasteiger partial charge in [-0.15, -0.1) is 0 Å². The monoisotopic (exact) mass is 414 g/mol. The maximum absolute atomic E-state index is 12.7. The second kappa shape index (κ2) is 9.14. The van der Waals surface area contributed by atoms with E-state index in [1.807, 2.05) is 4.90 Å². The number of hydrogen-bond acceptors (Lipinski definition) is 4. The molecule has 1 aliphatic carbocycles. The van der Waals surface area contributed by atoms with Crippen molar-refractivity contribution in [2.24, 2.45) is 10.9 Å². The van der Waals surface area contributed by atoms with Gasteiger partial charge >= 0.3 is 0 Å². The first-order chi connectivity index (χ1) is 14.6. The molecule has 2 atom stereocenters. The molecule has 0 spiro atoms. The molecule has 2 unspecified atom stereocenters. The number of nitrogens with zero attached hydrogens (tertiary/aromatic N) is 2. The van der Waals surface area contributed by atoms with Gasteiger partial charge in [0.15, 0.2) is 5.96 Å². The number of amides is 1. The molecule has 164 valence electrons. The molecule has 2 fully saturated rings. The van der Waals surface area contributed by atoms with Crippen LogP contribution in [0.2, 0.25) is 0 Å². The average molecular weight is 415 g/mol. The Morgan fingerprint density at radius 2 is 2.10 bits per heavy atom. The fourth-order valence-corrected chi connectivity index (χ4v) is 4.89. The van der Waals surface area contributed by atoms with Gasteiger partial charge in [-0.05, 0) is 38.3 Å². The van der Waals surface area contributed by atoms with E-state index in [-0.39, 0.29) is 18.1 Å². The molecule has 0 bridgehead atoms. The van der Waals surface area contributed by atoms with Gasteiger partial charge in [-0.2, -0.15) is 0 Å². The molecule has 2 aliphatic heterocycles. The number of rotatable bonds is 5. The summed E-state index contributed by atoms with van der Waals surface area (Å²) >= 11 is 0. The fourth-order valence-electron chi connectivity index (χ4n) is 4.89. The van der Waals surface area contributed by atoms with Gasteiger partial charge in [0.05, 0.1) is 7.11 Å². The first kappa shape index (κ1) is 20.8. The molecular weight excluding hydrogens is 380 g/mol. The lowest BCUT2D eigenvalue weighted by Crippen LogP contribution is -2.45. The Hall–Kier alpha value is -2.44. The van der Waals surface area contributed by atoms with Crippen LogP contribution in [0.3, 0.4) is 0 Å². The molecule has 1 aromatic carbocycles. The third-order valence-electron chi connectivity index (χ3n) is 6.51. The van der Waals surface area contributed by atoms with Gasteiger partial charge in [-0.25, -0.2) is 0 Å². The van der Waals surface area contributed by atoms with E-state index in [1.165, 1.54) is 18.4 Å². The van der Waals surface area contributed by atoms with E-state index in [2.05, 4.69) is 34.7 Å². The van der Waals surface area contributed by atoms with Crippen LogP contribution in [0.15, 0.2) is 17.1 Å². The SMILES string of the molecule is CN=C(NCc1cc2c(cc1OC)CC(C)O2)NC1CCN(C(=O)C2CCCC2)C1. The third kappa shape index (κ3) is 4.50. The lowest BCUT2D eigenvalue weighted by molar-refractivity contribution is -0.134. The minimum atomic E-state index is 0.208. The number of ether oxygens (including phenoxy) is 2. The van der Waals surface area contributed by atoms with Crippen LogP contribution in [-0.2, 0) is 17.8 Å². The number of carbonyl (C=O) groups excluding carboxylic acids is 1. The summed E-state index contributed by atoms with van der Waals surface area (Å²) in [4.78, 5) is 19.1. The molecule has 7 nitrogen and oxygen atoms in total. The molecular formula is C23H34N4O3. The summed E-state index contributed by atoms with van der Waals surface area (Å²) in [6.07, 6.45) is 6.58. The zero-order valence-corrected chi connectivity index (χ0v) is 18.4. The van der Waals surface area contributed by atoms with E-state index in [0.717, 1.165) is 61.8 Å². The van der Waals surface area contributed by atoms with Crippen LogP contribution < -0.4 is 20.1 Å². The van der Waals surface area contributed by atoms with Crippen LogP contribution in [-0.4, -0.2) is 56.2 Å². The van der Waals surface area contributed by atoms with Crippen LogP contribution in [0.5, 0.6) is 11.5 Å². The van der Waals surface area contributed by atoms with E-state index in [9.17, 15) is 4.79 Å². The standard InChI is InChI=1S/C23H34N4O3/c1-15-10-17-11-20(29-3)18(12-21(17)30-15)13-25-23(24-2)26-19-8-9-27(14-19)22(28)16-6-4-5-7-16/h11-12,15-16,19H,4-10,13-14H2,1-3H3,(H2,24,25,26). The van der Waals surface area contributed by atoms with Gasteiger partial charge in [-0.1, -0.05) is 12.8 Å². The van der Waals surface area contributed by atoms with Crippen LogP contribution in [0.25, 0.3) is 0 Å². The van der Waals surface area contributed by atoms with Crippen molar-refractivity contribution in [2.45, 2.75) is 64.1 Å². The summed E-state index contributed by atoms with van der Waals surface area (Å²) in [6.45, 7) is 4.26. The van der Waals surface area contributed by atoms with E-state index in [1.54, 1.807) is 14.2 Å². The molecule has 2 N–H and O–H groups in total. The number of benzene rings is 1. The molecule has 1 amide bonds. The predicted octanol–water partition coefficient (Wildman–Crippen LogP) is 2.47. The molecule has 4 rings (SSSR count). The third-order valence-corrected chi connectivity index (χ3v) is 6.51. The maximum atomic E-state index is 12.7. The largest absolute Gasteiger partial charge is 0.496 e. The van der Waals surface area contributed by atoms with Crippen LogP contribution in [0, 0.1) is 5.92 Å². The Morgan fingerprint density at radius 1 is 1.30 bits per heavy atom. The molecule has 7 heteroatoms. The van der Waals surface area contributed by atoms with Gasteiger partial charge in [-0.3, -0.25) is 9.79 Å².